The third kappa shape index (κ3) is 4.81. The molecule has 2 N–H and O–H groups in total. The number of aliphatic imine (C=N–C) groups is 1. The first-order valence-electron chi connectivity index (χ1n) is 8.33. The fraction of sp³-hybridized carbons (Fsp3) is 0.444. The van der Waals surface area contributed by atoms with Crippen LogP contribution >= 0.6 is 0 Å². The Balaban J connectivity index is 1.99. The van der Waals surface area contributed by atoms with Gasteiger partial charge in [0.2, 0.25) is 5.75 Å². The van der Waals surface area contributed by atoms with Crippen LogP contribution in [0.25, 0.3) is 0 Å². The van der Waals surface area contributed by atoms with Gasteiger partial charge in [-0.25, -0.2) is 0 Å². The van der Waals surface area contributed by atoms with Crippen molar-refractivity contribution in [3.8, 4) is 17.2 Å². The van der Waals surface area contributed by atoms with E-state index >= 15 is 0 Å². The Bertz CT molecular complexity index is 718. The molecular weight excluding hydrogens is 336 g/mol. The maximum absolute atomic E-state index is 5.37. The second-order valence-corrected chi connectivity index (χ2v) is 5.45. The molecule has 0 atom stereocenters. The minimum absolute atomic E-state index is 0.502. The highest BCUT2D eigenvalue weighted by Crippen LogP contribution is 2.38. The van der Waals surface area contributed by atoms with Gasteiger partial charge in [0.25, 0.3) is 0 Å². The fourth-order valence-electron chi connectivity index (χ4n) is 2.42. The van der Waals surface area contributed by atoms with Crippen molar-refractivity contribution in [2.24, 2.45) is 4.99 Å². The quantitative estimate of drug-likeness (QED) is 0.549. The second-order valence-electron chi connectivity index (χ2n) is 5.45. The van der Waals surface area contributed by atoms with E-state index in [4.69, 9.17) is 18.7 Å². The van der Waals surface area contributed by atoms with Gasteiger partial charge in [-0.1, -0.05) is 12.1 Å². The van der Waals surface area contributed by atoms with Crippen LogP contribution in [0, 0.1) is 0 Å². The van der Waals surface area contributed by atoms with Crippen LogP contribution in [-0.4, -0.2) is 39.5 Å². The smallest absolute Gasteiger partial charge is 0.203 e. The summed E-state index contributed by atoms with van der Waals surface area (Å²) in [5, 5.41) is 10.4. The molecule has 0 aliphatic heterocycles. The van der Waals surface area contributed by atoms with Crippen LogP contribution < -0.4 is 24.8 Å². The molecule has 0 aliphatic rings. The van der Waals surface area contributed by atoms with Crippen molar-refractivity contribution < 1.29 is 18.7 Å². The average Bonchev–Trinajstić information content (AvgIpc) is 3.15. The number of aryl methyl sites for hydroxylation is 1. The van der Waals surface area contributed by atoms with E-state index in [0.717, 1.165) is 23.4 Å². The minimum Gasteiger partial charge on any atom is -0.493 e. The number of nitrogens with zero attached hydrogens (tertiary/aromatic N) is 2. The normalized spacial score (nSPS) is 11.2. The van der Waals surface area contributed by atoms with Crippen molar-refractivity contribution >= 4 is 5.96 Å². The molecule has 2 rings (SSSR count). The molecule has 8 nitrogen and oxygen atoms in total. The number of nitrogens with one attached hydrogen (secondary N) is 2. The number of aromatic nitrogens is 1. The first kappa shape index (κ1) is 19.4. The van der Waals surface area contributed by atoms with Crippen LogP contribution in [0.2, 0.25) is 0 Å². The minimum atomic E-state index is 0.502. The SMILES string of the molecule is CCc1cc(CNC(=NC)NCc2cc(OC)c(OC)c(OC)c2)on1. The van der Waals surface area contributed by atoms with Crippen molar-refractivity contribution in [2.45, 2.75) is 26.4 Å². The highest BCUT2D eigenvalue weighted by atomic mass is 16.5. The van der Waals surface area contributed by atoms with E-state index in [1.165, 1.54) is 0 Å². The number of rotatable bonds is 8. The molecule has 1 aromatic heterocycles. The fourth-order valence-corrected chi connectivity index (χ4v) is 2.42. The van der Waals surface area contributed by atoms with Gasteiger partial charge >= 0.3 is 0 Å². The Hall–Kier alpha value is -2.90. The van der Waals surface area contributed by atoms with Crippen LogP contribution in [-0.2, 0) is 19.5 Å². The number of methoxy groups -OCH3 is 3. The van der Waals surface area contributed by atoms with Crippen LogP contribution in [0.5, 0.6) is 17.2 Å². The zero-order chi connectivity index (χ0) is 18.9. The average molecular weight is 362 g/mol. The lowest BCUT2D eigenvalue weighted by Gasteiger charge is -2.15. The highest BCUT2D eigenvalue weighted by Gasteiger charge is 2.13. The van der Waals surface area contributed by atoms with Gasteiger partial charge in [-0.3, -0.25) is 4.99 Å². The molecule has 0 saturated heterocycles. The Morgan fingerprint density at radius 1 is 1.04 bits per heavy atom. The van der Waals surface area contributed by atoms with Crippen LogP contribution in [0.1, 0.15) is 23.9 Å². The molecule has 1 aromatic carbocycles. The van der Waals surface area contributed by atoms with E-state index in [2.05, 4.69) is 20.8 Å². The lowest BCUT2D eigenvalue weighted by Crippen LogP contribution is -2.36. The zero-order valence-corrected chi connectivity index (χ0v) is 15.9. The van der Waals surface area contributed by atoms with E-state index in [-0.39, 0.29) is 0 Å². The maximum Gasteiger partial charge on any atom is 0.203 e. The lowest BCUT2D eigenvalue weighted by molar-refractivity contribution is 0.323. The van der Waals surface area contributed by atoms with Crippen molar-refractivity contribution in [3.63, 3.8) is 0 Å². The predicted molar refractivity (Wildman–Crippen MR) is 99.0 cm³/mol. The van der Waals surface area contributed by atoms with Gasteiger partial charge in [0, 0.05) is 19.7 Å². The summed E-state index contributed by atoms with van der Waals surface area (Å²) in [4.78, 5) is 4.21. The first-order chi connectivity index (χ1) is 12.6. The number of benzene rings is 1. The lowest BCUT2D eigenvalue weighted by atomic mass is 10.2. The molecule has 8 heteroatoms. The van der Waals surface area contributed by atoms with Crippen LogP contribution in [0.3, 0.4) is 0 Å². The number of hydrogen-bond acceptors (Lipinski definition) is 6. The third-order valence-electron chi connectivity index (χ3n) is 3.81. The van der Waals surface area contributed by atoms with E-state index in [1.807, 2.05) is 25.1 Å². The second kappa shape index (κ2) is 9.55. The molecule has 0 unspecified atom stereocenters. The largest absolute Gasteiger partial charge is 0.493 e. The summed E-state index contributed by atoms with van der Waals surface area (Å²) in [7, 11) is 6.48. The molecule has 2 aromatic rings. The van der Waals surface area contributed by atoms with Crippen molar-refractivity contribution in [2.75, 3.05) is 28.4 Å². The molecule has 1 heterocycles. The Morgan fingerprint density at radius 2 is 1.69 bits per heavy atom. The van der Waals surface area contributed by atoms with Crippen LogP contribution in [0.4, 0.5) is 0 Å². The van der Waals surface area contributed by atoms with Crippen molar-refractivity contribution in [3.05, 3.63) is 35.2 Å². The zero-order valence-electron chi connectivity index (χ0n) is 15.9. The van der Waals surface area contributed by atoms with Gasteiger partial charge in [0.1, 0.15) is 0 Å². The maximum atomic E-state index is 5.37. The Labute approximate surface area is 153 Å². The number of guanidine groups is 1. The summed E-state index contributed by atoms with van der Waals surface area (Å²) in [6.45, 7) is 3.07. The molecule has 0 spiro atoms. The molecule has 0 bridgehead atoms. The molecule has 142 valence electrons. The summed E-state index contributed by atoms with van der Waals surface area (Å²) in [5.74, 6) is 3.20. The topological polar surface area (TPSA) is 90.1 Å². The summed E-state index contributed by atoms with van der Waals surface area (Å²) in [6, 6.07) is 5.72. The standard InChI is InChI=1S/C18H26N4O4/c1-6-13-9-14(26-22-13)11-21-18(19-2)20-10-12-7-15(23-3)17(25-5)16(8-12)24-4/h7-9H,6,10-11H2,1-5H3,(H2,19,20,21). The summed E-state index contributed by atoms with van der Waals surface area (Å²) in [6.07, 6.45) is 0.845. The Morgan fingerprint density at radius 3 is 2.19 bits per heavy atom. The summed E-state index contributed by atoms with van der Waals surface area (Å²) < 4.78 is 21.3. The van der Waals surface area contributed by atoms with E-state index < -0.39 is 0 Å². The van der Waals surface area contributed by atoms with Gasteiger partial charge in [-0.05, 0) is 24.1 Å². The molecule has 0 radical (unpaired) electrons. The molecule has 26 heavy (non-hydrogen) atoms. The van der Waals surface area contributed by atoms with Gasteiger partial charge in [-0.15, -0.1) is 0 Å². The number of ether oxygens (including phenoxy) is 3. The highest BCUT2D eigenvalue weighted by molar-refractivity contribution is 5.79. The van der Waals surface area contributed by atoms with E-state index in [0.29, 0.717) is 36.3 Å². The van der Waals surface area contributed by atoms with E-state index in [9.17, 15) is 0 Å². The van der Waals surface area contributed by atoms with Gasteiger partial charge in [0.05, 0.1) is 33.6 Å². The molecule has 0 amide bonds. The third-order valence-corrected chi connectivity index (χ3v) is 3.81. The van der Waals surface area contributed by atoms with Crippen molar-refractivity contribution in [1.29, 1.82) is 0 Å². The molecular formula is C18H26N4O4. The number of hydrogen-bond donors (Lipinski definition) is 2. The monoisotopic (exact) mass is 362 g/mol. The van der Waals surface area contributed by atoms with E-state index in [1.54, 1.807) is 28.4 Å². The van der Waals surface area contributed by atoms with Gasteiger partial charge in [0.15, 0.2) is 23.2 Å². The Kier molecular flexibility index (Phi) is 7.13. The molecule has 0 saturated carbocycles. The summed E-state index contributed by atoms with van der Waals surface area (Å²) in [5.41, 5.74) is 1.90. The first-order valence-corrected chi connectivity index (χ1v) is 8.33. The van der Waals surface area contributed by atoms with Crippen molar-refractivity contribution in [1.82, 2.24) is 15.8 Å². The van der Waals surface area contributed by atoms with Crippen LogP contribution in [0.15, 0.2) is 27.7 Å². The van der Waals surface area contributed by atoms with Gasteiger partial charge in [-0.2, -0.15) is 0 Å². The van der Waals surface area contributed by atoms with Gasteiger partial charge < -0.3 is 29.4 Å². The predicted octanol–water partition coefficient (Wildman–Crippen LogP) is 2.13. The summed E-state index contributed by atoms with van der Waals surface area (Å²) >= 11 is 0. The molecule has 0 aliphatic carbocycles. The molecule has 0 fully saturated rings.